The molecule has 132 valence electrons. The van der Waals surface area contributed by atoms with Crippen molar-refractivity contribution in [1.82, 2.24) is 4.90 Å². The molecular weight excluding hydrogens is 353 g/mol. The third kappa shape index (κ3) is 3.43. The van der Waals surface area contributed by atoms with Gasteiger partial charge in [-0.2, -0.15) is 0 Å². The first kappa shape index (κ1) is 16.7. The van der Waals surface area contributed by atoms with Gasteiger partial charge in [0.15, 0.2) is 23.3 Å². The second-order valence-corrected chi connectivity index (χ2v) is 6.62. The molecule has 0 aliphatic carbocycles. The molecule has 0 bridgehead atoms. The predicted octanol–water partition coefficient (Wildman–Crippen LogP) is 3.56. The number of para-hydroxylation sites is 1. The lowest BCUT2D eigenvalue weighted by Gasteiger charge is -2.17. The molecule has 1 N–H and O–H groups in total. The first-order chi connectivity index (χ1) is 12.7. The van der Waals surface area contributed by atoms with E-state index in [9.17, 15) is 9.18 Å². The summed E-state index contributed by atoms with van der Waals surface area (Å²) in [4.78, 5) is 18.6. The number of nitrogens with zero attached hydrogens (tertiary/aromatic N) is 2. The lowest BCUT2D eigenvalue weighted by atomic mass is 10.1. The highest BCUT2D eigenvalue weighted by Gasteiger charge is 2.26. The smallest absolute Gasteiger partial charge is 0.262 e. The van der Waals surface area contributed by atoms with Crippen molar-refractivity contribution in [3.63, 3.8) is 0 Å². The standard InChI is InChI=1S/C19H16FN3O2S/c20-15-3-1-2-4-17(15)25-11-18(24)22-14-7-5-13(6-8-14)16-12-26-19-21-9-10-23(16)19/h1-8,12H,9-11H2,(H,22,24). The van der Waals surface area contributed by atoms with Gasteiger partial charge in [-0.1, -0.05) is 36.0 Å². The summed E-state index contributed by atoms with van der Waals surface area (Å²) in [5.74, 6) is -0.769. The molecular formula is C19H16FN3O2S. The Morgan fingerprint density at radius 3 is 2.85 bits per heavy atom. The largest absolute Gasteiger partial charge is 0.481 e. The van der Waals surface area contributed by atoms with Gasteiger partial charge in [0.1, 0.15) is 0 Å². The summed E-state index contributed by atoms with van der Waals surface area (Å²) in [6.45, 7) is 1.48. The van der Waals surface area contributed by atoms with Gasteiger partial charge in [0.25, 0.3) is 5.91 Å². The number of hydrogen-bond acceptors (Lipinski definition) is 5. The first-order valence-electron chi connectivity index (χ1n) is 8.17. The van der Waals surface area contributed by atoms with Crippen LogP contribution in [0.15, 0.2) is 58.9 Å². The van der Waals surface area contributed by atoms with Gasteiger partial charge in [0.05, 0.1) is 12.2 Å². The van der Waals surface area contributed by atoms with E-state index in [2.05, 4.69) is 20.6 Å². The topological polar surface area (TPSA) is 53.9 Å². The maximum absolute atomic E-state index is 13.5. The molecule has 0 atom stereocenters. The summed E-state index contributed by atoms with van der Waals surface area (Å²) in [5, 5.41) is 5.88. The number of rotatable bonds is 5. The van der Waals surface area contributed by atoms with Crippen molar-refractivity contribution in [2.24, 2.45) is 4.99 Å². The second kappa shape index (κ2) is 7.21. The Hall–Kier alpha value is -2.80. The van der Waals surface area contributed by atoms with Gasteiger partial charge in [0.2, 0.25) is 0 Å². The molecule has 4 rings (SSSR count). The van der Waals surface area contributed by atoms with Gasteiger partial charge in [-0.25, -0.2) is 4.39 Å². The van der Waals surface area contributed by atoms with Gasteiger partial charge in [-0.3, -0.25) is 9.79 Å². The van der Waals surface area contributed by atoms with Gasteiger partial charge in [-0.15, -0.1) is 0 Å². The highest BCUT2D eigenvalue weighted by atomic mass is 32.2. The third-order valence-electron chi connectivity index (χ3n) is 4.03. The fraction of sp³-hybridized carbons (Fsp3) is 0.158. The van der Waals surface area contributed by atoms with E-state index in [0.717, 1.165) is 29.5 Å². The number of amidine groups is 1. The molecule has 0 saturated carbocycles. The fourth-order valence-electron chi connectivity index (χ4n) is 2.77. The highest BCUT2D eigenvalue weighted by Crippen LogP contribution is 2.35. The van der Waals surface area contributed by atoms with E-state index in [1.54, 1.807) is 23.9 Å². The molecule has 0 spiro atoms. The van der Waals surface area contributed by atoms with Crippen molar-refractivity contribution in [2.75, 3.05) is 25.0 Å². The molecule has 0 unspecified atom stereocenters. The predicted molar refractivity (Wildman–Crippen MR) is 102 cm³/mol. The number of thioether (sulfide) groups is 1. The zero-order valence-electron chi connectivity index (χ0n) is 13.8. The summed E-state index contributed by atoms with van der Waals surface area (Å²) in [6.07, 6.45) is 0. The molecule has 1 amide bonds. The maximum Gasteiger partial charge on any atom is 0.262 e. The molecule has 5 nitrogen and oxygen atoms in total. The Morgan fingerprint density at radius 1 is 1.23 bits per heavy atom. The SMILES string of the molecule is O=C(COc1ccccc1F)Nc1ccc(C2=CSC3=NCCN23)cc1. The number of nitrogens with one attached hydrogen (secondary N) is 1. The van der Waals surface area contributed by atoms with Crippen LogP contribution in [0.1, 0.15) is 5.56 Å². The van der Waals surface area contributed by atoms with Crippen LogP contribution in [-0.4, -0.2) is 35.7 Å². The van der Waals surface area contributed by atoms with Crippen LogP contribution >= 0.6 is 11.8 Å². The minimum absolute atomic E-state index is 0.0618. The van der Waals surface area contributed by atoms with E-state index in [1.807, 2.05) is 24.3 Å². The summed E-state index contributed by atoms with van der Waals surface area (Å²) in [6, 6.07) is 13.6. The number of aliphatic imine (C=N–C) groups is 1. The number of amides is 1. The minimum atomic E-state index is -0.489. The Morgan fingerprint density at radius 2 is 2.04 bits per heavy atom. The summed E-state index contributed by atoms with van der Waals surface area (Å²) in [7, 11) is 0. The van der Waals surface area contributed by atoms with Crippen molar-refractivity contribution < 1.29 is 13.9 Å². The van der Waals surface area contributed by atoms with Crippen LogP contribution in [0.5, 0.6) is 5.75 Å². The summed E-state index contributed by atoms with van der Waals surface area (Å²) < 4.78 is 18.7. The van der Waals surface area contributed by atoms with E-state index in [4.69, 9.17) is 4.74 Å². The van der Waals surface area contributed by atoms with Crippen LogP contribution in [0, 0.1) is 5.82 Å². The average molecular weight is 369 g/mol. The Balaban J connectivity index is 1.35. The van der Waals surface area contributed by atoms with Crippen LogP contribution in [-0.2, 0) is 4.79 Å². The summed E-state index contributed by atoms with van der Waals surface area (Å²) >= 11 is 1.63. The third-order valence-corrected chi connectivity index (χ3v) is 4.93. The zero-order valence-corrected chi connectivity index (χ0v) is 14.6. The van der Waals surface area contributed by atoms with E-state index in [0.29, 0.717) is 5.69 Å². The molecule has 7 heteroatoms. The molecule has 0 fully saturated rings. The normalized spacial score (nSPS) is 15.3. The Labute approximate surface area is 154 Å². The van der Waals surface area contributed by atoms with Crippen molar-refractivity contribution in [2.45, 2.75) is 0 Å². The Kier molecular flexibility index (Phi) is 4.62. The lowest BCUT2D eigenvalue weighted by Crippen LogP contribution is -2.21. The number of benzene rings is 2. The quantitative estimate of drug-likeness (QED) is 0.876. The molecule has 0 saturated heterocycles. The van der Waals surface area contributed by atoms with Crippen LogP contribution in [0.4, 0.5) is 10.1 Å². The van der Waals surface area contributed by atoms with Crippen molar-refractivity contribution in [3.8, 4) is 5.75 Å². The first-order valence-corrected chi connectivity index (χ1v) is 9.05. The van der Waals surface area contributed by atoms with Crippen LogP contribution in [0.2, 0.25) is 0 Å². The van der Waals surface area contributed by atoms with Crippen LogP contribution < -0.4 is 10.1 Å². The number of ether oxygens (including phenoxy) is 1. The molecule has 0 radical (unpaired) electrons. The van der Waals surface area contributed by atoms with Crippen molar-refractivity contribution >= 4 is 34.2 Å². The fourth-order valence-corrected chi connectivity index (χ4v) is 3.74. The monoisotopic (exact) mass is 369 g/mol. The summed E-state index contributed by atoms with van der Waals surface area (Å²) in [5.41, 5.74) is 2.87. The Bertz CT molecular complexity index is 896. The van der Waals surface area contributed by atoms with Crippen molar-refractivity contribution in [1.29, 1.82) is 0 Å². The van der Waals surface area contributed by atoms with Crippen LogP contribution in [0.25, 0.3) is 5.70 Å². The molecule has 0 aromatic heterocycles. The van der Waals surface area contributed by atoms with E-state index in [-0.39, 0.29) is 18.3 Å². The number of carbonyl (C=O) groups excluding carboxylic acids is 1. The number of carbonyl (C=O) groups is 1. The molecule has 2 aromatic rings. The molecule has 2 aliphatic heterocycles. The average Bonchev–Trinajstić information content (AvgIpc) is 3.25. The maximum atomic E-state index is 13.5. The number of hydrogen-bond donors (Lipinski definition) is 1. The molecule has 2 aromatic carbocycles. The number of fused-ring (bicyclic) bond motifs is 1. The lowest BCUT2D eigenvalue weighted by molar-refractivity contribution is -0.118. The molecule has 2 aliphatic rings. The van der Waals surface area contributed by atoms with E-state index >= 15 is 0 Å². The van der Waals surface area contributed by atoms with Crippen LogP contribution in [0.3, 0.4) is 0 Å². The molecule has 26 heavy (non-hydrogen) atoms. The van der Waals surface area contributed by atoms with Gasteiger partial charge < -0.3 is 15.0 Å². The second-order valence-electron chi connectivity index (χ2n) is 5.78. The minimum Gasteiger partial charge on any atom is -0.481 e. The number of anilines is 1. The van der Waals surface area contributed by atoms with Gasteiger partial charge in [-0.05, 0) is 29.8 Å². The van der Waals surface area contributed by atoms with Gasteiger partial charge >= 0.3 is 0 Å². The van der Waals surface area contributed by atoms with Gasteiger partial charge in [0, 0.05) is 17.6 Å². The highest BCUT2D eigenvalue weighted by molar-refractivity contribution is 8.16. The molecule has 2 heterocycles. The zero-order chi connectivity index (χ0) is 17.9. The van der Waals surface area contributed by atoms with Crippen molar-refractivity contribution in [3.05, 3.63) is 65.3 Å². The number of halogens is 1. The van der Waals surface area contributed by atoms with E-state index < -0.39 is 5.82 Å². The van der Waals surface area contributed by atoms with E-state index in [1.165, 1.54) is 12.1 Å².